The summed E-state index contributed by atoms with van der Waals surface area (Å²) in [5.41, 5.74) is 1.80. The number of benzene rings is 1. The van der Waals surface area contributed by atoms with Gasteiger partial charge in [-0.1, -0.05) is 33.3 Å². The van der Waals surface area contributed by atoms with Crippen LogP contribution in [0.25, 0.3) is 0 Å². The molecule has 2 bridgehead atoms. The van der Waals surface area contributed by atoms with Crippen molar-refractivity contribution >= 4 is 5.78 Å². The molecule has 1 N–H and O–H groups in total. The maximum absolute atomic E-state index is 13.5. The van der Waals surface area contributed by atoms with Crippen molar-refractivity contribution in [2.45, 2.75) is 57.6 Å². The highest BCUT2D eigenvalue weighted by molar-refractivity contribution is 5.93. The zero-order valence-electron chi connectivity index (χ0n) is 15.5. The van der Waals surface area contributed by atoms with Crippen LogP contribution in [0.15, 0.2) is 12.1 Å². The highest BCUT2D eigenvalue weighted by Gasteiger charge is 2.71. The molecule has 1 aromatic carbocycles. The molecule has 2 aliphatic carbocycles. The number of carbonyl (C=O) groups excluding carboxylic acids is 1. The first-order chi connectivity index (χ1) is 11.8. The molecule has 4 nitrogen and oxygen atoms in total. The molecule has 25 heavy (non-hydrogen) atoms. The summed E-state index contributed by atoms with van der Waals surface area (Å²) in [4.78, 5) is 16.0. The van der Waals surface area contributed by atoms with Gasteiger partial charge in [0, 0.05) is 22.4 Å². The van der Waals surface area contributed by atoms with Crippen molar-refractivity contribution in [2.24, 2.45) is 17.3 Å². The number of phenolic OH excluding ortho intramolecular Hbond substituents is 1. The molecule has 2 fully saturated rings. The standard InChI is InChI=1S/C21H27NO3/c1-5-12-16-13-10-11-6-7-14(23)17-15(11)21(16,8-9-22(13)4)19(25-17)18(24)20(12,2)3/h6-7,12-13,16,19,23H,5,8-10H2,1-4H3/t12?,13-,16+,19?,21-/m1/s1. The Balaban J connectivity index is 1.84. The van der Waals surface area contributed by atoms with Crippen molar-refractivity contribution in [1.82, 2.24) is 4.90 Å². The van der Waals surface area contributed by atoms with Crippen LogP contribution in [0.2, 0.25) is 0 Å². The van der Waals surface area contributed by atoms with Gasteiger partial charge < -0.3 is 14.7 Å². The average molecular weight is 341 g/mol. The number of carbonyl (C=O) groups is 1. The number of nitrogens with zero attached hydrogens (tertiary/aromatic N) is 1. The molecule has 1 aromatic rings. The number of ketones is 1. The molecule has 0 amide bonds. The van der Waals surface area contributed by atoms with Crippen LogP contribution < -0.4 is 4.74 Å². The lowest BCUT2D eigenvalue weighted by Gasteiger charge is -2.63. The normalized spacial score (nSPS) is 40.6. The topological polar surface area (TPSA) is 49.8 Å². The van der Waals surface area contributed by atoms with E-state index in [1.165, 1.54) is 5.56 Å². The van der Waals surface area contributed by atoms with E-state index < -0.39 is 6.10 Å². The summed E-state index contributed by atoms with van der Waals surface area (Å²) in [6, 6.07) is 4.24. The SMILES string of the molecule is CCC1[C@H]2[C@H]3Cc4ccc(O)c5c4[C@@]2(CCN3C)C(O5)C(=O)C1(C)C. The summed E-state index contributed by atoms with van der Waals surface area (Å²) in [5, 5.41) is 10.5. The van der Waals surface area contributed by atoms with Gasteiger partial charge in [-0.25, -0.2) is 0 Å². The summed E-state index contributed by atoms with van der Waals surface area (Å²) in [6.07, 6.45) is 2.50. The lowest BCUT2D eigenvalue weighted by atomic mass is 9.43. The van der Waals surface area contributed by atoms with Gasteiger partial charge in [-0.3, -0.25) is 4.79 Å². The lowest BCUT2D eigenvalue weighted by Crippen LogP contribution is -2.71. The van der Waals surface area contributed by atoms with Gasteiger partial charge in [0.15, 0.2) is 23.4 Å². The molecule has 0 radical (unpaired) electrons. The van der Waals surface area contributed by atoms with Crippen molar-refractivity contribution in [3.8, 4) is 11.5 Å². The van der Waals surface area contributed by atoms with Crippen molar-refractivity contribution in [3.63, 3.8) is 0 Å². The van der Waals surface area contributed by atoms with E-state index in [0.717, 1.165) is 31.4 Å². The van der Waals surface area contributed by atoms with Gasteiger partial charge in [-0.05, 0) is 49.9 Å². The first-order valence-electron chi connectivity index (χ1n) is 9.60. The van der Waals surface area contributed by atoms with Crippen LogP contribution in [-0.4, -0.2) is 41.5 Å². The third-order valence-corrected chi connectivity index (χ3v) is 7.95. The molecule has 4 aliphatic rings. The van der Waals surface area contributed by atoms with Crippen LogP contribution in [0.4, 0.5) is 0 Å². The van der Waals surface area contributed by atoms with E-state index in [4.69, 9.17) is 4.74 Å². The van der Waals surface area contributed by atoms with Crippen LogP contribution in [0.3, 0.4) is 0 Å². The van der Waals surface area contributed by atoms with Crippen LogP contribution >= 0.6 is 0 Å². The van der Waals surface area contributed by atoms with E-state index in [2.05, 4.69) is 38.8 Å². The molecular formula is C21H27NO3. The molecular weight excluding hydrogens is 314 g/mol. The summed E-state index contributed by atoms with van der Waals surface area (Å²) < 4.78 is 6.27. The number of likely N-dealkylation sites (tertiary alicyclic amines) is 1. The van der Waals surface area contributed by atoms with Crippen LogP contribution in [0, 0.1) is 17.3 Å². The number of phenols is 1. The van der Waals surface area contributed by atoms with Crippen molar-refractivity contribution in [1.29, 1.82) is 0 Å². The van der Waals surface area contributed by atoms with E-state index in [9.17, 15) is 9.90 Å². The predicted molar refractivity (Wildman–Crippen MR) is 95.0 cm³/mol. The maximum Gasteiger partial charge on any atom is 0.180 e. The molecule has 1 spiro atoms. The number of likely N-dealkylation sites (N-methyl/N-ethyl adjacent to an activating group) is 1. The van der Waals surface area contributed by atoms with Crippen LogP contribution in [-0.2, 0) is 16.6 Å². The maximum atomic E-state index is 13.5. The first-order valence-corrected chi connectivity index (χ1v) is 9.60. The fourth-order valence-corrected chi connectivity index (χ4v) is 6.83. The van der Waals surface area contributed by atoms with Crippen molar-refractivity contribution < 1.29 is 14.6 Å². The number of piperidine rings is 1. The van der Waals surface area contributed by atoms with E-state index >= 15 is 0 Å². The fraction of sp³-hybridized carbons (Fsp3) is 0.667. The van der Waals surface area contributed by atoms with E-state index in [1.807, 2.05) is 0 Å². The minimum Gasteiger partial charge on any atom is -0.504 e. The Morgan fingerprint density at radius 2 is 2.12 bits per heavy atom. The molecule has 5 atom stereocenters. The summed E-state index contributed by atoms with van der Waals surface area (Å²) >= 11 is 0. The van der Waals surface area contributed by atoms with Gasteiger partial charge >= 0.3 is 0 Å². The minimum absolute atomic E-state index is 0.192. The number of aromatic hydroxyl groups is 1. The van der Waals surface area contributed by atoms with E-state index in [-0.39, 0.29) is 22.4 Å². The number of Topliss-reactive ketones (excluding diaryl/α,β-unsaturated/α-hetero) is 1. The number of hydrogen-bond donors (Lipinski definition) is 1. The predicted octanol–water partition coefficient (Wildman–Crippen LogP) is 2.90. The summed E-state index contributed by atoms with van der Waals surface area (Å²) in [5.74, 6) is 1.76. The number of hydrogen-bond acceptors (Lipinski definition) is 4. The largest absolute Gasteiger partial charge is 0.504 e. The van der Waals surface area contributed by atoms with Gasteiger partial charge in [-0.15, -0.1) is 0 Å². The molecule has 134 valence electrons. The van der Waals surface area contributed by atoms with E-state index in [0.29, 0.717) is 23.6 Å². The molecule has 5 rings (SSSR count). The second kappa shape index (κ2) is 4.59. The molecule has 2 heterocycles. The minimum atomic E-state index is -0.436. The van der Waals surface area contributed by atoms with Crippen LogP contribution in [0.5, 0.6) is 11.5 Å². The second-order valence-corrected chi connectivity index (χ2v) is 9.11. The fourth-order valence-electron chi connectivity index (χ4n) is 6.83. The van der Waals surface area contributed by atoms with Gasteiger partial charge in [0.2, 0.25) is 0 Å². The van der Waals surface area contributed by atoms with Gasteiger partial charge in [0.1, 0.15) is 0 Å². The smallest absolute Gasteiger partial charge is 0.180 e. The van der Waals surface area contributed by atoms with Crippen molar-refractivity contribution in [2.75, 3.05) is 13.6 Å². The second-order valence-electron chi connectivity index (χ2n) is 9.11. The monoisotopic (exact) mass is 341 g/mol. The Hall–Kier alpha value is -1.55. The number of ether oxygens (including phenoxy) is 1. The first kappa shape index (κ1) is 15.7. The van der Waals surface area contributed by atoms with Crippen molar-refractivity contribution in [3.05, 3.63) is 23.3 Å². The van der Waals surface area contributed by atoms with Gasteiger partial charge in [0.05, 0.1) is 0 Å². The zero-order chi connectivity index (χ0) is 17.7. The number of rotatable bonds is 1. The molecule has 0 aromatic heterocycles. The Kier molecular flexibility index (Phi) is 2.88. The van der Waals surface area contributed by atoms with E-state index in [1.54, 1.807) is 6.07 Å². The summed E-state index contributed by atoms with van der Waals surface area (Å²) in [7, 11) is 2.23. The Bertz CT molecular complexity index is 786. The molecule has 1 saturated heterocycles. The Morgan fingerprint density at radius 3 is 2.84 bits per heavy atom. The Labute approximate surface area is 149 Å². The molecule has 1 saturated carbocycles. The average Bonchev–Trinajstić information content (AvgIpc) is 2.92. The highest BCUT2D eigenvalue weighted by Crippen LogP contribution is 2.67. The van der Waals surface area contributed by atoms with Gasteiger partial charge in [-0.2, -0.15) is 0 Å². The van der Waals surface area contributed by atoms with Crippen LogP contribution in [0.1, 0.15) is 44.7 Å². The zero-order valence-corrected chi connectivity index (χ0v) is 15.5. The van der Waals surface area contributed by atoms with Gasteiger partial charge in [0.25, 0.3) is 0 Å². The summed E-state index contributed by atoms with van der Waals surface area (Å²) in [6.45, 7) is 7.42. The highest BCUT2D eigenvalue weighted by atomic mass is 16.5. The quantitative estimate of drug-likeness (QED) is 0.853. The third kappa shape index (κ3) is 1.57. The third-order valence-electron chi connectivity index (χ3n) is 7.95. The molecule has 2 aliphatic heterocycles. The molecule has 4 heteroatoms. The lowest BCUT2D eigenvalue weighted by molar-refractivity contribution is -0.164. The Morgan fingerprint density at radius 1 is 1.36 bits per heavy atom. The molecule has 2 unspecified atom stereocenters.